The average Bonchev–Trinajstić information content (AvgIpc) is 2.82. The molecule has 1 amide bonds. The Bertz CT molecular complexity index is 876. The molecule has 0 radical (unpaired) electrons. The van der Waals surface area contributed by atoms with Gasteiger partial charge in [-0.2, -0.15) is 0 Å². The summed E-state index contributed by atoms with van der Waals surface area (Å²) in [4.78, 5) is 13.1. The van der Waals surface area contributed by atoms with Gasteiger partial charge in [-0.15, -0.1) is 11.8 Å². The van der Waals surface area contributed by atoms with E-state index in [2.05, 4.69) is 81.1 Å². The molecule has 0 aromatic heterocycles. The molecule has 1 atom stereocenters. The van der Waals surface area contributed by atoms with Crippen LogP contribution in [0.5, 0.6) is 0 Å². The molecule has 5 nitrogen and oxygen atoms in total. The SMILES string of the molecule is CC#CCC(CO[Si](c1ccccc1)(c1ccccc1)C(C)(C)C)OCCN(C)C(=O)OC. The number of carbonyl (C=O) groups is 1. The van der Waals surface area contributed by atoms with Crippen molar-refractivity contribution < 1.29 is 18.7 Å². The molecule has 0 saturated carbocycles. The molecule has 0 spiro atoms. The molecule has 0 fully saturated rings. The van der Waals surface area contributed by atoms with Crippen molar-refractivity contribution in [3.8, 4) is 11.8 Å². The van der Waals surface area contributed by atoms with Gasteiger partial charge in [-0.3, -0.25) is 0 Å². The van der Waals surface area contributed by atoms with Crippen molar-refractivity contribution in [1.82, 2.24) is 4.90 Å². The lowest BCUT2D eigenvalue weighted by Gasteiger charge is -2.43. The number of amides is 1. The number of hydrogen-bond acceptors (Lipinski definition) is 4. The van der Waals surface area contributed by atoms with Gasteiger partial charge >= 0.3 is 6.09 Å². The largest absolute Gasteiger partial charge is 0.453 e. The molecule has 6 heteroatoms. The predicted octanol–water partition coefficient (Wildman–Crippen LogP) is 4.06. The van der Waals surface area contributed by atoms with Gasteiger partial charge in [-0.1, -0.05) is 81.4 Å². The fraction of sp³-hybridized carbons (Fsp3) is 0.444. The first kappa shape index (κ1) is 26.7. The molecule has 178 valence electrons. The van der Waals surface area contributed by atoms with Crippen molar-refractivity contribution in [3.05, 3.63) is 60.7 Å². The van der Waals surface area contributed by atoms with Gasteiger partial charge in [0.05, 0.1) is 26.4 Å². The third-order valence-electron chi connectivity index (χ3n) is 5.68. The van der Waals surface area contributed by atoms with E-state index in [0.717, 1.165) is 0 Å². The van der Waals surface area contributed by atoms with Crippen molar-refractivity contribution in [3.63, 3.8) is 0 Å². The molecule has 0 aliphatic carbocycles. The summed E-state index contributed by atoms with van der Waals surface area (Å²) in [6, 6.07) is 21.1. The first-order valence-corrected chi connectivity index (χ1v) is 13.2. The number of nitrogens with zero attached hydrogens (tertiary/aromatic N) is 1. The number of ether oxygens (including phenoxy) is 2. The molecule has 0 N–H and O–H groups in total. The molecule has 0 aliphatic heterocycles. The smallest absolute Gasteiger partial charge is 0.409 e. The van der Waals surface area contributed by atoms with Crippen LogP contribution in [0.15, 0.2) is 60.7 Å². The van der Waals surface area contributed by atoms with Crippen LogP contribution in [0.3, 0.4) is 0 Å². The number of benzene rings is 2. The van der Waals surface area contributed by atoms with Crippen LogP contribution in [0, 0.1) is 11.8 Å². The quantitative estimate of drug-likeness (QED) is 0.391. The summed E-state index contributed by atoms with van der Waals surface area (Å²) in [5, 5.41) is 2.35. The molecular weight excluding hydrogens is 430 g/mol. The highest BCUT2D eigenvalue weighted by molar-refractivity contribution is 6.99. The lowest BCUT2D eigenvalue weighted by atomic mass is 10.2. The summed E-state index contributed by atoms with van der Waals surface area (Å²) in [6.07, 6.45) is -0.0198. The Morgan fingerprint density at radius 3 is 2.03 bits per heavy atom. The van der Waals surface area contributed by atoms with Gasteiger partial charge in [-0.05, 0) is 22.3 Å². The zero-order valence-corrected chi connectivity index (χ0v) is 21.8. The molecule has 0 bridgehead atoms. The van der Waals surface area contributed by atoms with Crippen LogP contribution < -0.4 is 10.4 Å². The summed E-state index contributed by atoms with van der Waals surface area (Å²) < 4.78 is 17.9. The van der Waals surface area contributed by atoms with Crippen LogP contribution in [0.25, 0.3) is 0 Å². The van der Waals surface area contributed by atoms with Gasteiger partial charge in [0.1, 0.15) is 0 Å². The Labute approximate surface area is 200 Å². The summed E-state index contributed by atoms with van der Waals surface area (Å²) in [6.45, 7) is 9.83. The maximum atomic E-state index is 11.6. The topological polar surface area (TPSA) is 48.0 Å². The minimum absolute atomic E-state index is 0.109. The second kappa shape index (κ2) is 12.6. The Balaban J connectivity index is 2.31. The van der Waals surface area contributed by atoms with Crippen LogP contribution in [-0.4, -0.2) is 59.3 Å². The highest BCUT2D eigenvalue weighted by Crippen LogP contribution is 2.36. The molecule has 0 aliphatic rings. The number of rotatable bonds is 10. The highest BCUT2D eigenvalue weighted by Gasteiger charge is 2.50. The predicted molar refractivity (Wildman–Crippen MR) is 136 cm³/mol. The minimum atomic E-state index is -2.65. The van der Waals surface area contributed by atoms with Crippen LogP contribution in [0.4, 0.5) is 4.79 Å². The monoisotopic (exact) mass is 467 g/mol. The normalized spacial score (nSPS) is 12.4. The van der Waals surface area contributed by atoms with Crippen LogP contribution >= 0.6 is 0 Å². The zero-order valence-electron chi connectivity index (χ0n) is 20.8. The molecule has 2 aromatic rings. The lowest BCUT2D eigenvalue weighted by Crippen LogP contribution is -2.67. The Hall–Kier alpha value is -2.59. The maximum absolute atomic E-state index is 11.6. The first-order chi connectivity index (χ1) is 15.8. The van der Waals surface area contributed by atoms with E-state index in [1.165, 1.54) is 22.4 Å². The third-order valence-corrected chi connectivity index (χ3v) is 10.7. The lowest BCUT2D eigenvalue weighted by molar-refractivity contribution is 0.0127. The minimum Gasteiger partial charge on any atom is -0.453 e. The molecule has 0 heterocycles. The molecule has 1 unspecified atom stereocenters. The average molecular weight is 468 g/mol. The van der Waals surface area contributed by atoms with Crippen molar-refractivity contribution in [1.29, 1.82) is 0 Å². The van der Waals surface area contributed by atoms with E-state index in [1.54, 1.807) is 7.05 Å². The van der Waals surface area contributed by atoms with E-state index in [0.29, 0.717) is 26.2 Å². The number of methoxy groups -OCH3 is 1. The van der Waals surface area contributed by atoms with E-state index in [4.69, 9.17) is 13.9 Å². The van der Waals surface area contributed by atoms with Crippen LogP contribution in [-0.2, 0) is 13.9 Å². The van der Waals surface area contributed by atoms with Crippen molar-refractivity contribution >= 4 is 24.8 Å². The van der Waals surface area contributed by atoms with E-state index in [9.17, 15) is 4.79 Å². The van der Waals surface area contributed by atoms with E-state index in [1.807, 2.05) is 19.1 Å². The summed E-state index contributed by atoms with van der Waals surface area (Å²) in [5.74, 6) is 6.09. The highest BCUT2D eigenvalue weighted by atomic mass is 28.4. The molecular formula is C27H37NO4Si. The Morgan fingerprint density at radius 2 is 1.58 bits per heavy atom. The number of hydrogen-bond donors (Lipinski definition) is 0. The zero-order chi connectivity index (χ0) is 24.3. The van der Waals surface area contributed by atoms with E-state index in [-0.39, 0.29) is 17.2 Å². The standard InChI is InChI=1S/C27H37NO4Si/c1-7-8-15-23(31-21-20-28(5)26(29)30-6)22-32-33(27(2,3)4,24-16-11-9-12-17-24)25-18-13-10-14-19-25/h9-14,16-19,23H,15,20-22H2,1-6H3. The van der Waals surface area contributed by atoms with Crippen LogP contribution in [0.1, 0.15) is 34.1 Å². The van der Waals surface area contributed by atoms with Gasteiger partial charge < -0.3 is 18.8 Å². The fourth-order valence-electron chi connectivity index (χ4n) is 3.96. The Morgan fingerprint density at radius 1 is 1.03 bits per heavy atom. The van der Waals surface area contributed by atoms with Gasteiger partial charge in [0.2, 0.25) is 0 Å². The summed E-state index contributed by atoms with van der Waals surface area (Å²) in [7, 11) is 0.413. The third kappa shape index (κ3) is 6.94. The van der Waals surface area contributed by atoms with Crippen molar-refractivity contribution in [2.75, 3.05) is 33.9 Å². The molecule has 0 saturated heterocycles. The van der Waals surface area contributed by atoms with Crippen molar-refractivity contribution in [2.24, 2.45) is 0 Å². The van der Waals surface area contributed by atoms with Crippen molar-refractivity contribution in [2.45, 2.75) is 45.3 Å². The Kier molecular flexibility index (Phi) is 10.2. The van der Waals surface area contributed by atoms with E-state index >= 15 is 0 Å². The van der Waals surface area contributed by atoms with E-state index < -0.39 is 8.32 Å². The first-order valence-electron chi connectivity index (χ1n) is 11.3. The second-order valence-corrected chi connectivity index (χ2v) is 13.3. The van der Waals surface area contributed by atoms with Gasteiger partial charge in [0.15, 0.2) is 0 Å². The number of likely N-dealkylation sites (N-methyl/N-ethyl adjacent to an activating group) is 1. The summed E-state index contributed by atoms with van der Waals surface area (Å²) in [5.41, 5.74) is 0. The van der Waals surface area contributed by atoms with Crippen LogP contribution in [0.2, 0.25) is 5.04 Å². The maximum Gasteiger partial charge on any atom is 0.409 e. The summed E-state index contributed by atoms with van der Waals surface area (Å²) >= 11 is 0. The fourth-order valence-corrected chi connectivity index (χ4v) is 8.56. The molecule has 33 heavy (non-hydrogen) atoms. The van der Waals surface area contributed by atoms with Gasteiger partial charge in [0, 0.05) is 20.0 Å². The van der Waals surface area contributed by atoms with Gasteiger partial charge in [0.25, 0.3) is 8.32 Å². The molecule has 2 aromatic carbocycles. The number of carbonyl (C=O) groups excluding carboxylic acids is 1. The molecule has 2 rings (SSSR count). The second-order valence-electron chi connectivity index (χ2n) is 8.99. The van der Waals surface area contributed by atoms with Gasteiger partial charge in [-0.25, -0.2) is 4.79 Å².